The Morgan fingerprint density at radius 3 is 2.62 bits per heavy atom. The van der Waals surface area contributed by atoms with Crippen molar-refractivity contribution in [2.45, 2.75) is 53.5 Å². The minimum atomic E-state index is 0.374. The summed E-state index contributed by atoms with van der Waals surface area (Å²) in [6.45, 7) is 16.7. The van der Waals surface area contributed by atoms with Crippen molar-refractivity contribution in [3.8, 4) is 0 Å². The molecule has 1 heterocycles. The second-order valence-electron chi connectivity index (χ2n) is 6.29. The van der Waals surface area contributed by atoms with Gasteiger partial charge in [0.15, 0.2) is 0 Å². The van der Waals surface area contributed by atoms with E-state index in [2.05, 4.69) is 44.8 Å². The van der Waals surface area contributed by atoms with Crippen LogP contribution in [0.4, 0.5) is 0 Å². The first-order valence-corrected chi connectivity index (χ1v) is 6.91. The fraction of sp³-hybridized carbons (Fsp3) is 1.00. The Morgan fingerprint density at radius 2 is 2.12 bits per heavy atom. The van der Waals surface area contributed by atoms with E-state index in [1.54, 1.807) is 0 Å². The van der Waals surface area contributed by atoms with Crippen LogP contribution in [0.1, 0.15) is 47.5 Å². The van der Waals surface area contributed by atoms with Gasteiger partial charge in [0.1, 0.15) is 0 Å². The largest absolute Gasteiger partial charge is 0.314 e. The molecule has 0 aromatic rings. The standard InChI is InChI=1S/C14H30N2/c1-6-8-15-13(3)14(4,5)11-16-9-7-12(2)10-16/h12-13,15H,6-11H2,1-5H3. The van der Waals surface area contributed by atoms with E-state index in [1.165, 1.54) is 32.5 Å². The van der Waals surface area contributed by atoms with E-state index in [4.69, 9.17) is 0 Å². The molecule has 0 radical (unpaired) electrons. The Morgan fingerprint density at radius 1 is 1.44 bits per heavy atom. The smallest absolute Gasteiger partial charge is 0.0102 e. The predicted molar refractivity (Wildman–Crippen MR) is 71.8 cm³/mol. The molecule has 1 fully saturated rings. The number of hydrogen-bond acceptors (Lipinski definition) is 2. The van der Waals surface area contributed by atoms with E-state index in [0.29, 0.717) is 11.5 Å². The molecule has 2 atom stereocenters. The van der Waals surface area contributed by atoms with E-state index < -0.39 is 0 Å². The minimum absolute atomic E-state index is 0.374. The second kappa shape index (κ2) is 6.02. The summed E-state index contributed by atoms with van der Waals surface area (Å²) < 4.78 is 0. The van der Waals surface area contributed by atoms with Gasteiger partial charge in [-0.3, -0.25) is 0 Å². The van der Waals surface area contributed by atoms with Crippen LogP contribution in [-0.2, 0) is 0 Å². The highest BCUT2D eigenvalue weighted by molar-refractivity contribution is 4.86. The fourth-order valence-corrected chi connectivity index (χ4v) is 2.52. The summed E-state index contributed by atoms with van der Waals surface area (Å²) in [6, 6.07) is 0.600. The van der Waals surface area contributed by atoms with Gasteiger partial charge in [-0.1, -0.05) is 27.7 Å². The fourth-order valence-electron chi connectivity index (χ4n) is 2.52. The maximum Gasteiger partial charge on any atom is 0.0102 e. The zero-order valence-corrected chi connectivity index (χ0v) is 11.8. The molecular formula is C14H30N2. The molecule has 0 amide bonds. The van der Waals surface area contributed by atoms with Crippen LogP contribution in [0.2, 0.25) is 0 Å². The van der Waals surface area contributed by atoms with Gasteiger partial charge in [-0.25, -0.2) is 0 Å². The second-order valence-corrected chi connectivity index (χ2v) is 6.29. The average Bonchev–Trinajstić information content (AvgIpc) is 2.59. The average molecular weight is 226 g/mol. The van der Waals surface area contributed by atoms with Gasteiger partial charge in [-0.2, -0.15) is 0 Å². The summed E-state index contributed by atoms with van der Waals surface area (Å²) >= 11 is 0. The van der Waals surface area contributed by atoms with Crippen LogP contribution in [-0.4, -0.2) is 37.1 Å². The molecule has 0 saturated carbocycles. The first kappa shape index (κ1) is 14.0. The van der Waals surface area contributed by atoms with Crippen LogP contribution in [0.3, 0.4) is 0 Å². The van der Waals surface area contributed by atoms with Crippen molar-refractivity contribution in [1.29, 1.82) is 0 Å². The number of rotatable bonds is 6. The maximum absolute atomic E-state index is 3.63. The van der Waals surface area contributed by atoms with Gasteiger partial charge in [-0.15, -0.1) is 0 Å². The van der Waals surface area contributed by atoms with E-state index in [1.807, 2.05) is 0 Å². The summed E-state index contributed by atoms with van der Waals surface area (Å²) in [6.07, 6.45) is 2.61. The van der Waals surface area contributed by atoms with Crippen LogP contribution in [0.25, 0.3) is 0 Å². The molecule has 0 bridgehead atoms. The van der Waals surface area contributed by atoms with Gasteiger partial charge < -0.3 is 10.2 Å². The lowest BCUT2D eigenvalue weighted by Crippen LogP contribution is -2.46. The predicted octanol–water partition coefficient (Wildman–Crippen LogP) is 2.74. The Hall–Kier alpha value is -0.0800. The van der Waals surface area contributed by atoms with Gasteiger partial charge in [0.2, 0.25) is 0 Å². The minimum Gasteiger partial charge on any atom is -0.314 e. The number of likely N-dealkylation sites (tertiary alicyclic amines) is 1. The zero-order chi connectivity index (χ0) is 12.2. The van der Waals surface area contributed by atoms with E-state index >= 15 is 0 Å². The molecule has 0 spiro atoms. The molecule has 2 unspecified atom stereocenters. The maximum atomic E-state index is 3.63. The van der Waals surface area contributed by atoms with Crippen molar-refractivity contribution >= 4 is 0 Å². The lowest BCUT2D eigenvalue weighted by molar-refractivity contribution is 0.161. The van der Waals surface area contributed by atoms with Gasteiger partial charge in [0.05, 0.1) is 0 Å². The first-order chi connectivity index (χ1) is 7.45. The molecule has 2 nitrogen and oxygen atoms in total. The highest BCUT2D eigenvalue weighted by atomic mass is 15.2. The third-order valence-corrected chi connectivity index (χ3v) is 4.01. The molecule has 1 aliphatic heterocycles. The number of nitrogens with one attached hydrogen (secondary N) is 1. The van der Waals surface area contributed by atoms with Gasteiger partial charge in [-0.05, 0) is 44.2 Å². The van der Waals surface area contributed by atoms with Gasteiger partial charge in [0.25, 0.3) is 0 Å². The van der Waals surface area contributed by atoms with Crippen LogP contribution in [0.5, 0.6) is 0 Å². The molecule has 1 N–H and O–H groups in total. The summed E-state index contributed by atoms with van der Waals surface area (Å²) in [5.41, 5.74) is 0.374. The summed E-state index contributed by atoms with van der Waals surface area (Å²) in [5.74, 6) is 0.898. The van der Waals surface area contributed by atoms with Crippen molar-refractivity contribution < 1.29 is 0 Å². The van der Waals surface area contributed by atoms with E-state index in [0.717, 1.165) is 12.5 Å². The lowest BCUT2D eigenvalue weighted by atomic mass is 9.84. The topological polar surface area (TPSA) is 15.3 Å². The van der Waals surface area contributed by atoms with E-state index in [-0.39, 0.29) is 0 Å². The Kier molecular flexibility index (Phi) is 5.26. The number of nitrogens with zero attached hydrogens (tertiary/aromatic N) is 1. The summed E-state index contributed by atoms with van der Waals surface area (Å²) in [5, 5.41) is 3.63. The van der Waals surface area contributed by atoms with Crippen LogP contribution >= 0.6 is 0 Å². The van der Waals surface area contributed by atoms with Gasteiger partial charge in [0, 0.05) is 19.1 Å². The van der Waals surface area contributed by atoms with Crippen molar-refractivity contribution in [1.82, 2.24) is 10.2 Å². The molecule has 1 aliphatic rings. The highest BCUT2D eigenvalue weighted by Crippen LogP contribution is 2.25. The Balaban J connectivity index is 2.37. The molecule has 1 rings (SSSR count). The molecule has 96 valence electrons. The molecule has 16 heavy (non-hydrogen) atoms. The summed E-state index contributed by atoms with van der Waals surface area (Å²) in [7, 11) is 0. The molecule has 0 aromatic heterocycles. The van der Waals surface area contributed by atoms with Crippen molar-refractivity contribution in [2.24, 2.45) is 11.3 Å². The van der Waals surface area contributed by atoms with Crippen LogP contribution < -0.4 is 5.32 Å². The summed E-state index contributed by atoms with van der Waals surface area (Å²) in [4.78, 5) is 2.63. The van der Waals surface area contributed by atoms with Gasteiger partial charge >= 0.3 is 0 Å². The van der Waals surface area contributed by atoms with Crippen LogP contribution in [0.15, 0.2) is 0 Å². The highest BCUT2D eigenvalue weighted by Gasteiger charge is 2.30. The third-order valence-electron chi connectivity index (χ3n) is 4.01. The molecular weight excluding hydrogens is 196 g/mol. The van der Waals surface area contributed by atoms with Crippen LogP contribution in [0, 0.1) is 11.3 Å². The zero-order valence-electron chi connectivity index (χ0n) is 11.8. The Bertz CT molecular complexity index is 201. The third kappa shape index (κ3) is 4.06. The monoisotopic (exact) mass is 226 g/mol. The van der Waals surface area contributed by atoms with Crippen molar-refractivity contribution in [3.63, 3.8) is 0 Å². The number of hydrogen-bond donors (Lipinski definition) is 1. The molecule has 0 aliphatic carbocycles. The molecule has 2 heteroatoms. The Labute approximate surface area is 102 Å². The lowest BCUT2D eigenvalue weighted by Gasteiger charge is -2.36. The normalized spacial score (nSPS) is 24.9. The van der Waals surface area contributed by atoms with E-state index in [9.17, 15) is 0 Å². The van der Waals surface area contributed by atoms with Crippen molar-refractivity contribution in [2.75, 3.05) is 26.2 Å². The quantitative estimate of drug-likeness (QED) is 0.749. The SMILES string of the molecule is CCCNC(C)C(C)(C)CN1CCC(C)C1. The molecule has 0 aromatic carbocycles. The first-order valence-electron chi connectivity index (χ1n) is 6.91. The molecule has 1 saturated heterocycles. The van der Waals surface area contributed by atoms with Crippen molar-refractivity contribution in [3.05, 3.63) is 0 Å².